The van der Waals surface area contributed by atoms with Gasteiger partial charge in [-0.25, -0.2) is 9.78 Å². The van der Waals surface area contributed by atoms with Crippen LogP contribution in [0.15, 0.2) is 17.1 Å². The standard InChI is InChI=1S/C9H13N2O9P.2Li/c12-3-4-6(14)7(20-21(16,17)18)8(19-4)11-2-1-5(13)10-9(11)15;;/h1-2,4,6-8,12,14H,3H2,(H,10,13,15)(H2,16,17,18);;/q;2*+1/p-2/t4-,6-,7-,8-;;/m1../s1. The molecule has 11 nitrogen and oxygen atoms in total. The van der Waals surface area contributed by atoms with Crippen molar-refractivity contribution in [1.82, 2.24) is 9.55 Å². The number of ether oxygens (including phenoxy) is 1. The van der Waals surface area contributed by atoms with E-state index in [0.717, 1.165) is 12.3 Å². The van der Waals surface area contributed by atoms with Crippen LogP contribution in [0.4, 0.5) is 0 Å². The summed E-state index contributed by atoms with van der Waals surface area (Å²) in [7, 11) is -5.24. The Morgan fingerprint density at radius 2 is 2.09 bits per heavy atom. The Balaban J connectivity index is 0.00000242. The van der Waals surface area contributed by atoms with Crippen LogP contribution >= 0.6 is 7.82 Å². The number of rotatable bonds is 4. The monoisotopic (exact) mass is 336 g/mol. The minimum Gasteiger partial charge on any atom is -0.858 e. The van der Waals surface area contributed by atoms with Gasteiger partial charge in [0.2, 0.25) is 0 Å². The second kappa shape index (κ2) is 8.81. The molecular formula is C9H11Li2N2O9P. The average Bonchev–Trinajstić information content (AvgIpc) is 2.65. The van der Waals surface area contributed by atoms with Crippen LogP contribution in [-0.2, 0) is 13.8 Å². The largest absolute Gasteiger partial charge is 1.00 e. The fourth-order valence-electron chi connectivity index (χ4n) is 1.95. The van der Waals surface area contributed by atoms with Crippen molar-refractivity contribution in [3.05, 3.63) is 22.7 Å². The molecule has 0 spiro atoms. The number of aliphatic hydroxyl groups is 2. The first-order valence-electron chi connectivity index (χ1n) is 5.65. The van der Waals surface area contributed by atoms with Crippen LogP contribution in [0.2, 0.25) is 0 Å². The smallest absolute Gasteiger partial charge is 0.858 e. The van der Waals surface area contributed by atoms with Crippen LogP contribution in [0, 0.1) is 0 Å². The van der Waals surface area contributed by atoms with Crippen LogP contribution in [0.1, 0.15) is 6.23 Å². The van der Waals surface area contributed by atoms with Gasteiger partial charge in [-0.05, 0) is 11.9 Å². The van der Waals surface area contributed by atoms with Gasteiger partial charge >= 0.3 is 43.4 Å². The number of phosphoric ester groups is 1. The van der Waals surface area contributed by atoms with Crippen molar-refractivity contribution in [2.24, 2.45) is 0 Å². The average molecular weight is 336 g/mol. The summed E-state index contributed by atoms with van der Waals surface area (Å²) in [6, 6.07) is 0.913. The Kier molecular flexibility index (Phi) is 8.76. The molecule has 1 aromatic rings. The van der Waals surface area contributed by atoms with Crippen molar-refractivity contribution in [3.63, 3.8) is 0 Å². The predicted molar refractivity (Wildman–Crippen MR) is 59.6 cm³/mol. The third-order valence-electron chi connectivity index (χ3n) is 2.83. The topological polar surface area (TPSA) is 177 Å². The second-order valence-electron chi connectivity index (χ2n) is 4.23. The Morgan fingerprint density at radius 3 is 2.57 bits per heavy atom. The number of hydrogen-bond donors (Lipinski definition) is 3. The van der Waals surface area contributed by atoms with Crippen molar-refractivity contribution in [3.8, 4) is 5.88 Å². The summed E-state index contributed by atoms with van der Waals surface area (Å²) in [6.07, 6.45) is -5.09. The Hall–Kier alpha value is -0.135. The van der Waals surface area contributed by atoms with Crippen LogP contribution in [0.3, 0.4) is 0 Å². The molecule has 5 atom stereocenters. The first-order valence-corrected chi connectivity index (χ1v) is 7.15. The summed E-state index contributed by atoms with van der Waals surface area (Å²) < 4.78 is 20.9. The molecular weight excluding hydrogens is 325 g/mol. The predicted octanol–water partition coefficient (Wildman–Crippen LogP) is -9.58. The van der Waals surface area contributed by atoms with Crippen LogP contribution in [-0.4, -0.2) is 49.6 Å². The van der Waals surface area contributed by atoms with Gasteiger partial charge in [0.05, 0.1) is 6.61 Å². The molecule has 1 aliphatic heterocycles. The van der Waals surface area contributed by atoms with Crippen molar-refractivity contribution < 1.29 is 76.7 Å². The molecule has 14 heteroatoms. The summed E-state index contributed by atoms with van der Waals surface area (Å²) in [6.45, 7) is -0.687. The van der Waals surface area contributed by atoms with E-state index in [4.69, 9.17) is 14.7 Å². The fourth-order valence-corrected chi connectivity index (χ4v) is 2.49. The van der Waals surface area contributed by atoms with E-state index in [9.17, 15) is 24.5 Å². The second-order valence-corrected chi connectivity index (χ2v) is 5.38. The number of aromatic nitrogens is 2. The molecule has 0 aliphatic carbocycles. The van der Waals surface area contributed by atoms with Gasteiger partial charge in [-0.3, -0.25) is 9.13 Å². The molecule has 0 amide bonds. The van der Waals surface area contributed by atoms with E-state index < -0.39 is 50.5 Å². The van der Waals surface area contributed by atoms with E-state index in [1.54, 1.807) is 0 Å². The number of nitrogens with zero attached hydrogens (tertiary/aromatic N) is 2. The summed E-state index contributed by atoms with van der Waals surface area (Å²) in [5.41, 5.74) is -1.06. The third-order valence-corrected chi connectivity index (χ3v) is 3.34. The van der Waals surface area contributed by atoms with Crippen molar-refractivity contribution >= 4 is 7.82 Å². The van der Waals surface area contributed by atoms with Crippen molar-refractivity contribution in [2.45, 2.75) is 24.5 Å². The zero-order valence-electron chi connectivity index (χ0n) is 12.3. The van der Waals surface area contributed by atoms with Crippen molar-refractivity contribution in [2.75, 3.05) is 6.61 Å². The molecule has 2 heterocycles. The van der Waals surface area contributed by atoms with E-state index in [0.29, 0.717) is 4.57 Å². The van der Waals surface area contributed by atoms with E-state index >= 15 is 0 Å². The van der Waals surface area contributed by atoms with Gasteiger partial charge in [0, 0.05) is 6.20 Å². The SMILES string of the molecule is O=c1nc([O-])ccn1[C@@H]1O[C@H](CO)[C@@H](O)[C@H]1OP(=O)([O-])O.[Li+].[Li+]. The maximum absolute atomic E-state index is 11.6. The molecule has 0 saturated carbocycles. The van der Waals surface area contributed by atoms with Gasteiger partial charge < -0.3 is 34.4 Å². The van der Waals surface area contributed by atoms with Crippen LogP contribution in [0.25, 0.3) is 0 Å². The molecule has 0 bridgehead atoms. The Bertz CT molecular complexity index is 623. The van der Waals surface area contributed by atoms with E-state index in [1.807, 2.05) is 0 Å². The zero-order valence-corrected chi connectivity index (χ0v) is 13.2. The fraction of sp³-hybridized carbons (Fsp3) is 0.556. The van der Waals surface area contributed by atoms with E-state index in [1.165, 1.54) is 0 Å². The zero-order chi connectivity index (χ0) is 15.8. The first kappa shape index (κ1) is 22.9. The molecule has 1 aromatic heterocycles. The Labute approximate surface area is 153 Å². The molecule has 23 heavy (non-hydrogen) atoms. The summed E-state index contributed by atoms with van der Waals surface area (Å²) in [5, 5.41) is 29.8. The maximum Gasteiger partial charge on any atom is 1.00 e. The van der Waals surface area contributed by atoms with Gasteiger partial charge in [0.25, 0.3) is 7.82 Å². The summed E-state index contributed by atoms with van der Waals surface area (Å²) in [5.74, 6) is -0.817. The molecule has 1 fully saturated rings. The molecule has 1 aliphatic rings. The molecule has 3 N–H and O–H groups in total. The number of hydrogen-bond acceptors (Lipinski definition) is 9. The van der Waals surface area contributed by atoms with Gasteiger partial charge in [-0.1, -0.05) is 0 Å². The summed E-state index contributed by atoms with van der Waals surface area (Å²) in [4.78, 5) is 34.2. The third kappa shape index (κ3) is 5.43. The number of aliphatic hydroxyl groups excluding tert-OH is 2. The minimum absolute atomic E-state index is 0. The first-order chi connectivity index (χ1) is 9.73. The quantitative estimate of drug-likeness (QED) is 0.353. The maximum atomic E-state index is 11.6. The summed E-state index contributed by atoms with van der Waals surface area (Å²) >= 11 is 0. The van der Waals surface area contributed by atoms with Crippen LogP contribution in [0.5, 0.6) is 5.88 Å². The Morgan fingerprint density at radius 1 is 1.48 bits per heavy atom. The van der Waals surface area contributed by atoms with Gasteiger partial charge in [-0.2, -0.15) is 0 Å². The molecule has 0 aromatic carbocycles. The normalized spacial score (nSPS) is 29.2. The van der Waals surface area contributed by atoms with Crippen molar-refractivity contribution in [1.29, 1.82) is 0 Å². The molecule has 0 radical (unpaired) electrons. The van der Waals surface area contributed by atoms with Gasteiger partial charge in [0.1, 0.15) is 18.3 Å². The molecule has 1 saturated heterocycles. The molecule has 2 rings (SSSR count). The van der Waals surface area contributed by atoms with Gasteiger partial charge in [-0.15, -0.1) is 0 Å². The van der Waals surface area contributed by atoms with E-state index in [2.05, 4.69) is 9.51 Å². The molecule has 1 unspecified atom stereocenters. The van der Waals surface area contributed by atoms with E-state index in [-0.39, 0.29) is 37.7 Å². The minimum atomic E-state index is -5.24. The number of phosphoric acid groups is 1. The van der Waals surface area contributed by atoms with Gasteiger partial charge in [0.15, 0.2) is 6.23 Å². The van der Waals surface area contributed by atoms with Crippen LogP contribution < -0.4 is 53.4 Å². The molecule has 118 valence electrons.